The molecule has 1 N–H and O–H groups in total. The number of ketones is 1. The molecule has 2 aliphatic rings. The molecule has 1 aromatic rings. The molecule has 142 valence electrons. The van der Waals surface area contributed by atoms with Crippen molar-refractivity contribution in [2.24, 2.45) is 0 Å². The van der Waals surface area contributed by atoms with E-state index in [0.717, 1.165) is 45.6 Å². The van der Waals surface area contributed by atoms with E-state index in [4.69, 9.17) is 0 Å². The second-order valence-electron chi connectivity index (χ2n) is 7.55. The maximum atomic E-state index is 12.6. The van der Waals surface area contributed by atoms with Crippen molar-refractivity contribution in [3.05, 3.63) is 29.8 Å². The zero-order valence-electron chi connectivity index (χ0n) is 15.9. The highest BCUT2D eigenvalue weighted by Gasteiger charge is 2.23. The van der Waals surface area contributed by atoms with E-state index >= 15 is 0 Å². The Labute approximate surface area is 156 Å². The second kappa shape index (κ2) is 8.64. The molecule has 0 bridgehead atoms. The molecule has 2 fully saturated rings. The number of hydrogen-bond acceptors (Lipinski definition) is 4. The van der Waals surface area contributed by atoms with Gasteiger partial charge in [0.2, 0.25) is 0 Å². The molecule has 3 rings (SSSR count). The molecular formula is C20H30N4O2. The number of piperidine rings is 1. The number of nitrogens with zero attached hydrogens (tertiary/aromatic N) is 3. The summed E-state index contributed by atoms with van der Waals surface area (Å²) >= 11 is 0. The topological polar surface area (TPSA) is 55.9 Å². The van der Waals surface area contributed by atoms with Gasteiger partial charge in [-0.2, -0.15) is 0 Å². The maximum Gasteiger partial charge on any atom is 0.322 e. The van der Waals surface area contributed by atoms with E-state index in [2.05, 4.69) is 29.1 Å². The van der Waals surface area contributed by atoms with Crippen molar-refractivity contribution in [2.75, 3.05) is 51.6 Å². The zero-order chi connectivity index (χ0) is 18.5. The molecule has 1 unspecified atom stereocenters. The van der Waals surface area contributed by atoms with Crippen molar-refractivity contribution in [3.8, 4) is 0 Å². The van der Waals surface area contributed by atoms with Crippen LogP contribution in [0.3, 0.4) is 0 Å². The third kappa shape index (κ3) is 4.83. The molecule has 2 amide bonds. The monoisotopic (exact) mass is 358 g/mol. The lowest BCUT2D eigenvalue weighted by atomic mass is 10.0. The summed E-state index contributed by atoms with van der Waals surface area (Å²) in [6.07, 6.45) is 3.29. The third-order valence-electron chi connectivity index (χ3n) is 5.46. The minimum absolute atomic E-state index is 0.0686. The van der Waals surface area contributed by atoms with Crippen LogP contribution in [0.5, 0.6) is 0 Å². The maximum absolute atomic E-state index is 12.6. The van der Waals surface area contributed by atoms with Gasteiger partial charge >= 0.3 is 6.03 Å². The van der Waals surface area contributed by atoms with E-state index in [9.17, 15) is 9.59 Å². The van der Waals surface area contributed by atoms with Crippen LogP contribution in [0.4, 0.5) is 10.5 Å². The number of Topliss-reactive ketones (excluding diaryl/α,β-unsaturated/α-hetero) is 1. The second-order valence-corrected chi connectivity index (χ2v) is 7.55. The first kappa shape index (κ1) is 18.9. The third-order valence-corrected chi connectivity index (χ3v) is 5.46. The smallest absolute Gasteiger partial charge is 0.322 e. The normalized spacial score (nSPS) is 22.2. The van der Waals surface area contributed by atoms with E-state index in [0.29, 0.717) is 17.8 Å². The van der Waals surface area contributed by atoms with Crippen molar-refractivity contribution in [1.29, 1.82) is 0 Å². The number of carbonyl (C=O) groups excluding carboxylic acids is 2. The van der Waals surface area contributed by atoms with E-state index in [1.807, 2.05) is 23.1 Å². The Hall–Kier alpha value is -1.92. The van der Waals surface area contributed by atoms with E-state index < -0.39 is 0 Å². The Morgan fingerprint density at radius 3 is 2.62 bits per heavy atom. The number of amides is 2. The SMILES string of the molecule is CC1CCCCN1C(=O)Nc1cccc(C(=O)CN2CCN(C)CC2)c1. The number of nitrogens with one attached hydrogen (secondary N) is 1. The van der Waals surface area contributed by atoms with Crippen LogP contribution in [-0.4, -0.2) is 78.9 Å². The van der Waals surface area contributed by atoms with Gasteiger partial charge < -0.3 is 15.1 Å². The lowest BCUT2D eigenvalue weighted by Crippen LogP contribution is -2.46. The Balaban J connectivity index is 1.58. The van der Waals surface area contributed by atoms with E-state index in [-0.39, 0.29) is 17.9 Å². The summed E-state index contributed by atoms with van der Waals surface area (Å²) < 4.78 is 0. The summed E-state index contributed by atoms with van der Waals surface area (Å²) in [5, 5.41) is 2.96. The number of benzene rings is 1. The molecule has 2 aliphatic heterocycles. The van der Waals surface area contributed by atoms with Crippen molar-refractivity contribution < 1.29 is 9.59 Å². The van der Waals surface area contributed by atoms with E-state index in [1.54, 1.807) is 6.07 Å². The van der Waals surface area contributed by atoms with Crippen molar-refractivity contribution in [1.82, 2.24) is 14.7 Å². The first-order valence-corrected chi connectivity index (χ1v) is 9.65. The van der Waals surface area contributed by atoms with Crippen LogP contribution in [0.15, 0.2) is 24.3 Å². The lowest BCUT2D eigenvalue weighted by Gasteiger charge is -2.33. The number of likely N-dealkylation sites (N-methyl/N-ethyl adjacent to an activating group) is 1. The van der Waals surface area contributed by atoms with Gasteiger partial charge in [0.1, 0.15) is 0 Å². The molecule has 1 aromatic carbocycles. The number of carbonyl (C=O) groups is 2. The highest BCUT2D eigenvalue weighted by molar-refractivity contribution is 5.99. The van der Waals surface area contributed by atoms with Crippen LogP contribution in [-0.2, 0) is 0 Å². The van der Waals surface area contributed by atoms with Crippen molar-refractivity contribution in [3.63, 3.8) is 0 Å². The number of likely N-dealkylation sites (tertiary alicyclic amines) is 1. The first-order chi connectivity index (χ1) is 12.5. The molecule has 2 saturated heterocycles. The predicted octanol–water partition coefficient (Wildman–Crippen LogP) is 2.52. The van der Waals surface area contributed by atoms with Crippen LogP contribution >= 0.6 is 0 Å². The summed E-state index contributed by atoms with van der Waals surface area (Å²) in [4.78, 5) is 31.5. The number of piperazine rings is 1. The molecular weight excluding hydrogens is 328 g/mol. The molecule has 0 radical (unpaired) electrons. The summed E-state index contributed by atoms with van der Waals surface area (Å²) in [5.41, 5.74) is 1.35. The number of rotatable bonds is 4. The average Bonchev–Trinajstić information content (AvgIpc) is 2.64. The van der Waals surface area contributed by atoms with Gasteiger partial charge in [0.25, 0.3) is 0 Å². The average molecular weight is 358 g/mol. The van der Waals surface area contributed by atoms with Gasteiger partial charge in [0.05, 0.1) is 6.54 Å². The van der Waals surface area contributed by atoms with Crippen molar-refractivity contribution in [2.45, 2.75) is 32.2 Å². The summed E-state index contributed by atoms with van der Waals surface area (Å²) in [7, 11) is 2.11. The number of urea groups is 1. The minimum atomic E-state index is -0.0686. The Bertz CT molecular complexity index is 640. The number of hydrogen-bond donors (Lipinski definition) is 1. The molecule has 0 aromatic heterocycles. The molecule has 0 spiro atoms. The fourth-order valence-corrected chi connectivity index (χ4v) is 3.67. The molecule has 6 nitrogen and oxygen atoms in total. The summed E-state index contributed by atoms with van der Waals surface area (Å²) in [5.74, 6) is 0.108. The zero-order valence-corrected chi connectivity index (χ0v) is 15.9. The quantitative estimate of drug-likeness (QED) is 0.841. The minimum Gasteiger partial charge on any atom is -0.322 e. The summed E-state index contributed by atoms with van der Waals surface area (Å²) in [6.45, 7) is 7.17. The fraction of sp³-hybridized carbons (Fsp3) is 0.600. The Kier molecular flexibility index (Phi) is 6.27. The summed E-state index contributed by atoms with van der Waals surface area (Å²) in [6, 6.07) is 7.51. The standard InChI is InChI=1S/C20H30N4O2/c1-16-6-3-4-9-24(16)20(26)21-18-8-5-7-17(14-18)19(25)15-23-12-10-22(2)11-13-23/h5,7-8,14,16H,3-4,6,9-13,15H2,1-2H3,(H,21,26). The predicted molar refractivity (Wildman–Crippen MR) is 104 cm³/mol. The highest BCUT2D eigenvalue weighted by atomic mass is 16.2. The van der Waals surface area contributed by atoms with Gasteiger partial charge in [0, 0.05) is 50.0 Å². The van der Waals surface area contributed by atoms with Crippen LogP contribution in [0.2, 0.25) is 0 Å². The molecule has 2 heterocycles. The molecule has 26 heavy (non-hydrogen) atoms. The largest absolute Gasteiger partial charge is 0.322 e. The van der Waals surface area contributed by atoms with Gasteiger partial charge in [-0.25, -0.2) is 4.79 Å². The molecule has 0 aliphatic carbocycles. The number of anilines is 1. The van der Waals surface area contributed by atoms with Crippen molar-refractivity contribution >= 4 is 17.5 Å². The van der Waals surface area contributed by atoms with Gasteiger partial charge in [0.15, 0.2) is 5.78 Å². The van der Waals surface area contributed by atoms with Gasteiger partial charge in [-0.15, -0.1) is 0 Å². The van der Waals surface area contributed by atoms with Gasteiger partial charge in [-0.05, 0) is 45.4 Å². The van der Waals surface area contributed by atoms with Gasteiger partial charge in [-0.3, -0.25) is 9.69 Å². The van der Waals surface area contributed by atoms with Crippen LogP contribution in [0.1, 0.15) is 36.5 Å². The van der Waals surface area contributed by atoms with Gasteiger partial charge in [-0.1, -0.05) is 12.1 Å². The Morgan fingerprint density at radius 2 is 1.88 bits per heavy atom. The van der Waals surface area contributed by atoms with Crippen LogP contribution in [0, 0.1) is 0 Å². The van der Waals surface area contributed by atoms with Crippen LogP contribution < -0.4 is 5.32 Å². The lowest BCUT2D eigenvalue weighted by molar-refractivity contribution is 0.0876. The molecule has 0 saturated carbocycles. The van der Waals surface area contributed by atoms with Crippen LogP contribution in [0.25, 0.3) is 0 Å². The first-order valence-electron chi connectivity index (χ1n) is 9.65. The highest BCUT2D eigenvalue weighted by Crippen LogP contribution is 2.19. The fourth-order valence-electron chi connectivity index (χ4n) is 3.67. The molecule has 1 atom stereocenters. The Morgan fingerprint density at radius 1 is 1.12 bits per heavy atom. The molecule has 6 heteroatoms. The van der Waals surface area contributed by atoms with E-state index in [1.165, 1.54) is 6.42 Å².